The third-order valence-electron chi connectivity index (χ3n) is 5.59. The highest BCUT2D eigenvalue weighted by Crippen LogP contribution is 2.33. The molecule has 3 heterocycles. The molecule has 0 radical (unpaired) electrons. The zero-order valence-corrected chi connectivity index (χ0v) is 15.4. The molecule has 0 spiro atoms. The highest BCUT2D eigenvalue weighted by Gasteiger charge is 2.49. The third kappa shape index (κ3) is 2.54. The number of hydrogen-bond donors (Lipinski definition) is 1. The molecule has 7 heteroatoms. The normalized spacial score (nSPS) is 21.2. The van der Waals surface area contributed by atoms with Crippen LogP contribution in [0.15, 0.2) is 51.6 Å². The Bertz CT molecular complexity index is 1070. The van der Waals surface area contributed by atoms with Gasteiger partial charge in [-0.3, -0.25) is 9.69 Å². The average Bonchev–Trinajstić information content (AvgIpc) is 3.47. The summed E-state index contributed by atoms with van der Waals surface area (Å²) in [5.74, 6) is 0.699. The number of amides is 3. The molecule has 2 aromatic heterocycles. The molecule has 1 saturated heterocycles. The van der Waals surface area contributed by atoms with E-state index in [-0.39, 0.29) is 12.5 Å². The van der Waals surface area contributed by atoms with Crippen molar-refractivity contribution in [3.63, 3.8) is 0 Å². The third-order valence-corrected chi connectivity index (χ3v) is 5.59. The number of nitrogens with zero attached hydrogens (tertiary/aromatic N) is 2. The Morgan fingerprint density at radius 1 is 1.14 bits per heavy atom. The summed E-state index contributed by atoms with van der Waals surface area (Å²) in [5, 5.41) is 6.82. The summed E-state index contributed by atoms with van der Waals surface area (Å²) in [6.45, 7) is 1.79. The molecule has 0 saturated carbocycles. The smallest absolute Gasteiger partial charge is 0.325 e. The summed E-state index contributed by atoms with van der Waals surface area (Å²) in [7, 11) is 0. The lowest BCUT2D eigenvalue weighted by molar-refractivity contribution is -0.131. The molecule has 3 aromatic rings. The van der Waals surface area contributed by atoms with Crippen LogP contribution in [0.3, 0.4) is 0 Å². The maximum absolute atomic E-state index is 13.1. The minimum atomic E-state index is -1.08. The van der Waals surface area contributed by atoms with Crippen molar-refractivity contribution in [3.8, 4) is 11.5 Å². The Balaban J connectivity index is 1.40. The summed E-state index contributed by atoms with van der Waals surface area (Å²) in [5.41, 5.74) is 2.80. The van der Waals surface area contributed by atoms with Gasteiger partial charge in [0.05, 0.1) is 12.8 Å². The van der Waals surface area contributed by atoms with Crippen molar-refractivity contribution in [1.82, 2.24) is 15.4 Å². The lowest BCUT2D eigenvalue weighted by atomic mass is 9.89. The molecule has 1 aromatic carbocycles. The maximum atomic E-state index is 13.1. The Labute approximate surface area is 161 Å². The van der Waals surface area contributed by atoms with E-state index in [9.17, 15) is 9.59 Å². The van der Waals surface area contributed by atoms with E-state index < -0.39 is 11.6 Å². The predicted molar refractivity (Wildman–Crippen MR) is 99.1 cm³/mol. The lowest BCUT2D eigenvalue weighted by Gasteiger charge is -2.23. The van der Waals surface area contributed by atoms with Crippen molar-refractivity contribution >= 4 is 11.9 Å². The van der Waals surface area contributed by atoms with E-state index in [1.165, 1.54) is 22.3 Å². The van der Waals surface area contributed by atoms with Crippen molar-refractivity contribution in [3.05, 3.63) is 65.0 Å². The minimum Gasteiger partial charge on any atom is -0.461 e. The number of carbonyl (C=O) groups is 2. The lowest BCUT2D eigenvalue weighted by Crippen LogP contribution is -2.41. The van der Waals surface area contributed by atoms with E-state index in [4.69, 9.17) is 8.94 Å². The number of imide groups is 1. The highest BCUT2D eigenvalue weighted by molar-refractivity contribution is 6.07. The molecule has 28 heavy (non-hydrogen) atoms. The monoisotopic (exact) mass is 377 g/mol. The fraction of sp³-hybridized carbons (Fsp3) is 0.286. The number of aromatic nitrogens is 1. The van der Waals surface area contributed by atoms with Gasteiger partial charge in [-0.15, -0.1) is 0 Å². The Hall–Kier alpha value is -3.35. The van der Waals surface area contributed by atoms with Crippen LogP contribution in [0.4, 0.5) is 4.79 Å². The van der Waals surface area contributed by atoms with Crippen molar-refractivity contribution in [2.24, 2.45) is 0 Å². The molecular weight excluding hydrogens is 358 g/mol. The molecule has 1 aliphatic carbocycles. The van der Waals surface area contributed by atoms with Gasteiger partial charge in [-0.25, -0.2) is 4.79 Å². The summed E-state index contributed by atoms with van der Waals surface area (Å²) in [6.07, 6.45) is 4.76. The fourth-order valence-electron chi connectivity index (χ4n) is 4.00. The van der Waals surface area contributed by atoms with Gasteiger partial charge in [0.15, 0.2) is 5.76 Å². The first-order valence-corrected chi connectivity index (χ1v) is 9.30. The van der Waals surface area contributed by atoms with Gasteiger partial charge >= 0.3 is 6.03 Å². The number of nitrogens with one attached hydrogen (secondary N) is 1. The molecule has 1 fully saturated rings. The summed E-state index contributed by atoms with van der Waals surface area (Å²) in [4.78, 5) is 26.9. The van der Waals surface area contributed by atoms with Crippen LogP contribution in [-0.2, 0) is 29.7 Å². The summed E-state index contributed by atoms with van der Waals surface area (Å²) in [6, 6.07) is 10.8. The van der Waals surface area contributed by atoms with Crippen LogP contribution in [0, 0.1) is 0 Å². The number of rotatable bonds is 4. The summed E-state index contributed by atoms with van der Waals surface area (Å²) < 4.78 is 10.5. The molecule has 1 atom stereocenters. The zero-order chi connectivity index (χ0) is 19.3. The van der Waals surface area contributed by atoms with Gasteiger partial charge in [0.2, 0.25) is 5.76 Å². The molecular formula is C21H19N3O4. The van der Waals surface area contributed by atoms with Gasteiger partial charge in [-0.05, 0) is 55.0 Å². The fourth-order valence-corrected chi connectivity index (χ4v) is 4.00. The van der Waals surface area contributed by atoms with E-state index in [1.807, 2.05) is 6.07 Å². The molecule has 3 amide bonds. The first-order valence-electron chi connectivity index (χ1n) is 9.30. The Morgan fingerprint density at radius 2 is 2.00 bits per heavy atom. The molecule has 0 bridgehead atoms. The molecule has 7 nitrogen and oxygen atoms in total. The van der Waals surface area contributed by atoms with E-state index >= 15 is 0 Å². The second kappa shape index (κ2) is 6.09. The Kier molecular flexibility index (Phi) is 3.65. The SMILES string of the molecule is CC1(c2ccc3c(c2)CCC3)NC(=O)N(Cc2cc(-c3ccco3)on2)C1=O. The van der Waals surface area contributed by atoms with Crippen molar-refractivity contribution in [2.45, 2.75) is 38.3 Å². The molecule has 142 valence electrons. The van der Waals surface area contributed by atoms with Gasteiger partial charge in [-0.1, -0.05) is 23.4 Å². The Morgan fingerprint density at radius 3 is 2.82 bits per heavy atom. The van der Waals surface area contributed by atoms with E-state index in [2.05, 4.69) is 22.6 Å². The number of furan rings is 1. The van der Waals surface area contributed by atoms with Crippen LogP contribution in [0.1, 0.15) is 35.7 Å². The van der Waals surface area contributed by atoms with Crippen molar-refractivity contribution < 1.29 is 18.5 Å². The zero-order valence-electron chi connectivity index (χ0n) is 15.4. The van der Waals surface area contributed by atoms with Crippen LogP contribution in [0.2, 0.25) is 0 Å². The van der Waals surface area contributed by atoms with Crippen LogP contribution >= 0.6 is 0 Å². The van der Waals surface area contributed by atoms with Crippen LogP contribution in [0.25, 0.3) is 11.5 Å². The number of aryl methyl sites for hydroxylation is 2. The van der Waals surface area contributed by atoms with E-state index in [0.717, 1.165) is 24.8 Å². The second-order valence-corrected chi connectivity index (χ2v) is 7.44. The van der Waals surface area contributed by atoms with E-state index in [0.29, 0.717) is 17.2 Å². The van der Waals surface area contributed by atoms with E-state index in [1.54, 1.807) is 25.1 Å². The largest absolute Gasteiger partial charge is 0.461 e. The quantitative estimate of drug-likeness (QED) is 0.704. The minimum absolute atomic E-state index is 0.0371. The van der Waals surface area contributed by atoms with Gasteiger partial charge in [-0.2, -0.15) is 0 Å². The number of benzene rings is 1. The van der Waals surface area contributed by atoms with Gasteiger partial charge in [0.1, 0.15) is 11.2 Å². The standard InChI is InChI=1S/C21H19N3O4/c1-21(15-8-7-13-4-2-5-14(13)10-15)19(25)24(20(26)22-21)12-16-11-18(28-23-16)17-6-3-9-27-17/h3,6-11H,2,4-5,12H2,1H3,(H,22,26). The molecule has 1 unspecified atom stereocenters. The molecule has 1 aliphatic heterocycles. The number of fused-ring (bicyclic) bond motifs is 1. The van der Waals surface area contributed by atoms with Crippen molar-refractivity contribution in [1.29, 1.82) is 0 Å². The van der Waals surface area contributed by atoms with Gasteiger partial charge < -0.3 is 14.3 Å². The van der Waals surface area contributed by atoms with Gasteiger partial charge in [0.25, 0.3) is 5.91 Å². The van der Waals surface area contributed by atoms with Crippen LogP contribution in [0.5, 0.6) is 0 Å². The first-order chi connectivity index (χ1) is 13.5. The number of carbonyl (C=O) groups excluding carboxylic acids is 2. The average molecular weight is 377 g/mol. The maximum Gasteiger partial charge on any atom is 0.325 e. The van der Waals surface area contributed by atoms with Crippen LogP contribution in [-0.4, -0.2) is 22.0 Å². The topological polar surface area (TPSA) is 88.6 Å². The highest BCUT2D eigenvalue weighted by atomic mass is 16.5. The number of hydrogen-bond acceptors (Lipinski definition) is 5. The van der Waals surface area contributed by atoms with Crippen molar-refractivity contribution in [2.75, 3.05) is 0 Å². The number of urea groups is 1. The molecule has 1 N–H and O–H groups in total. The molecule has 5 rings (SSSR count). The van der Waals surface area contributed by atoms with Gasteiger partial charge in [0, 0.05) is 6.07 Å². The van der Waals surface area contributed by atoms with Crippen LogP contribution < -0.4 is 5.32 Å². The predicted octanol–water partition coefficient (Wildman–Crippen LogP) is 3.39. The molecule has 2 aliphatic rings. The second-order valence-electron chi connectivity index (χ2n) is 7.44. The summed E-state index contributed by atoms with van der Waals surface area (Å²) >= 11 is 0. The first kappa shape index (κ1) is 16.8.